The molecule has 1 amide bonds. The fraction of sp³-hybridized carbons (Fsp3) is 0.611. The summed E-state index contributed by atoms with van der Waals surface area (Å²) in [5, 5.41) is 8.95. The van der Waals surface area contributed by atoms with E-state index in [2.05, 4.69) is 24.8 Å². The first-order chi connectivity index (χ1) is 11.0. The molecule has 0 saturated carbocycles. The molecule has 0 spiro atoms. The highest BCUT2D eigenvalue weighted by Gasteiger charge is 2.21. The van der Waals surface area contributed by atoms with Gasteiger partial charge >= 0.3 is 0 Å². The molecule has 1 heterocycles. The summed E-state index contributed by atoms with van der Waals surface area (Å²) >= 11 is 0. The third-order valence-electron chi connectivity index (χ3n) is 4.37. The van der Waals surface area contributed by atoms with Crippen molar-refractivity contribution in [3.05, 3.63) is 29.3 Å². The zero-order chi connectivity index (χ0) is 16.8. The number of β-amino-alcohol motifs (C(OH)–C–C–N with tert-alkyl or cyclic N) is 1. The van der Waals surface area contributed by atoms with E-state index in [9.17, 15) is 4.79 Å². The number of piperazine rings is 1. The number of benzene rings is 1. The maximum atomic E-state index is 12.3. The lowest BCUT2D eigenvalue weighted by atomic mass is 10.0. The molecule has 0 aromatic heterocycles. The smallest absolute Gasteiger partial charge is 0.260 e. The van der Waals surface area contributed by atoms with Crippen LogP contribution in [-0.4, -0.2) is 66.8 Å². The number of rotatable bonds is 6. The van der Waals surface area contributed by atoms with E-state index in [1.54, 1.807) is 0 Å². The number of nitrogens with zero attached hydrogens (tertiary/aromatic N) is 2. The van der Waals surface area contributed by atoms with E-state index in [0.717, 1.165) is 24.4 Å². The molecule has 1 N–H and O–H groups in total. The Kier molecular flexibility index (Phi) is 6.42. The van der Waals surface area contributed by atoms with Crippen molar-refractivity contribution in [2.24, 2.45) is 0 Å². The van der Waals surface area contributed by atoms with Gasteiger partial charge in [-0.1, -0.05) is 26.0 Å². The molecule has 2 rings (SSSR count). The van der Waals surface area contributed by atoms with E-state index < -0.39 is 0 Å². The van der Waals surface area contributed by atoms with Crippen LogP contribution in [-0.2, 0) is 4.79 Å². The number of hydrogen-bond donors (Lipinski definition) is 1. The summed E-state index contributed by atoms with van der Waals surface area (Å²) in [4.78, 5) is 16.3. The van der Waals surface area contributed by atoms with Crippen molar-refractivity contribution >= 4 is 5.91 Å². The highest BCUT2D eigenvalue weighted by Crippen LogP contribution is 2.24. The Morgan fingerprint density at radius 1 is 1.26 bits per heavy atom. The predicted molar refractivity (Wildman–Crippen MR) is 90.9 cm³/mol. The first-order valence-electron chi connectivity index (χ1n) is 8.35. The molecule has 1 aliphatic heterocycles. The number of carbonyl (C=O) groups is 1. The fourth-order valence-corrected chi connectivity index (χ4v) is 2.72. The minimum Gasteiger partial charge on any atom is -0.483 e. The molecule has 1 aromatic carbocycles. The second-order valence-corrected chi connectivity index (χ2v) is 6.41. The van der Waals surface area contributed by atoms with Crippen LogP contribution in [0.1, 0.15) is 30.9 Å². The van der Waals surface area contributed by atoms with Crippen molar-refractivity contribution in [2.75, 3.05) is 45.9 Å². The Morgan fingerprint density at radius 3 is 2.57 bits per heavy atom. The Bertz CT molecular complexity index is 523. The molecule has 5 heteroatoms. The zero-order valence-electron chi connectivity index (χ0n) is 14.4. The van der Waals surface area contributed by atoms with Crippen molar-refractivity contribution in [3.63, 3.8) is 0 Å². The van der Waals surface area contributed by atoms with Crippen molar-refractivity contribution in [1.82, 2.24) is 9.80 Å². The van der Waals surface area contributed by atoms with Crippen molar-refractivity contribution < 1.29 is 14.6 Å². The molecule has 0 radical (unpaired) electrons. The largest absolute Gasteiger partial charge is 0.483 e. The van der Waals surface area contributed by atoms with Crippen molar-refractivity contribution in [2.45, 2.75) is 26.7 Å². The molecular formula is C18H28N2O3. The third kappa shape index (κ3) is 4.94. The summed E-state index contributed by atoms with van der Waals surface area (Å²) in [5.41, 5.74) is 2.27. The second kappa shape index (κ2) is 8.31. The van der Waals surface area contributed by atoms with E-state index in [-0.39, 0.29) is 19.1 Å². The van der Waals surface area contributed by atoms with Crippen LogP contribution in [0.15, 0.2) is 18.2 Å². The number of hydrogen-bond acceptors (Lipinski definition) is 4. The van der Waals surface area contributed by atoms with E-state index in [1.165, 1.54) is 5.56 Å². The lowest BCUT2D eigenvalue weighted by Crippen LogP contribution is -2.50. The molecule has 128 valence electrons. The molecule has 1 aliphatic rings. The van der Waals surface area contributed by atoms with E-state index in [4.69, 9.17) is 9.84 Å². The molecule has 0 bridgehead atoms. The average molecular weight is 320 g/mol. The Balaban J connectivity index is 1.86. The number of aliphatic hydroxyl groups excluding tert-OH is 1. The monoisotopic (exact) mass is 320 g/mol. The molecule has 0 unspecified atom stereocenters. The third-order valence-corrected chi connectivity index (χ3v) is 4.37. The molecule has 1 saturated heterocycles. The van der Waals surface area contributed by atoms with Crippen LogP contribution < -0.4 is 4.74 Å². The van der Waals surface area contributed by atoms with E-state index >= 15 is 0 Å². The van der Waals surface area contributed by atoms with Gasteiger partial charge in [-0.3, -0.25) is 9.69 Å². The molecule has 1 fully saturated rings. The fourth-order valence-electron chi connectivity index (χ4n) is 2.72. The van der Waals surface area contributed by atoms with Gasteiger partial charge in [0.25, 0.3) is 5.91 Å². The number of amides is 1. The summed E-state index contributed by atoms with van der Waals surface area (Å²) in [6.45, 7) is 10.3. The van der Waals surface area contributed by atoms with Crippen LogP contribution in [0, 0.1) is 6.92 Å². The number of carbonyl (C=O) groups excluding carboxylic acids is 1. The highest BCUT2D eigenvalue weighted by molar-refractivity contribution is 5.78. The minimum absolute atomic E-state index is 0.0306. The number of aliphatic hydroxyl groups is 1. The van der Waals surface area contributed by atoms with E-state index in [0.29, 0.717) is 25.6 Å². The standard InChI is InChI=1S/C18H28N2O3/c1-14(2)16-5-4-15(3)17(12-16)23-13-18(22)20-8-6-19(7-9-20)10-11-21/h4-5,12,14,21H,6-11,13H2,1-3H3. The maximum Gasteiger partial charge on any atom is 0.260 e. The minimum atomic E-state index is 0.0306. The van der Waals surface area contributed by atoms with E-state index in [1.807, 2.05) is 24.0 Å². The van der Waals surface area contributed by atoms with Gasteiger partial charge in [0.05, 0.1) is 6.61 Å². The van der Waals surface area contributed by atoms with Gasteiger partial charge < -0.3 is 14.7 Å². The van der Waals surface area contributed by atoms with Crippen LogP contribution in [0.4, 0.5) is 0 Å². The number of ether oxygens (including phenoxy) is 1. The van der Waals surface area contributed by atoms with Crippen molar-refractivity contribution in [1.29, 1.82) is 0 Å². The predicted octanol–water partition coefficient (Wildman–Crippen LogP) is 1.63. The topological polar surface area (TPSA) is 53.0 Å². The van der Waals surface area contributed by atoms with Crippen LogP contribution in [0.2, 0.25) is 0 Å². The SMILES string of the molecule is Cc1ccc(C(C)C)cc1OCC(=O)N1CCN(CCO)CC1. The summed E-state index contributed by atoms with van der Waals surface area (Å²) < 4.78 is 5.77. The van der Waals surface area contributed by atoms with Crippen molar-refractivity contribution in [3.8, 4) is 5.75 Å². The van der Waals surface area contributed by atoms with Gasteiger partial charge in [0, 0.05) is 32.7 Å². The Morgan fingerprint density at radius 2 is 1.96 bits per heavy atom. The van der Waals surface area contributed by atoms with Crippen LogP contribution in [0.25, 0.3) is 0 Å². The van der Waals surface area contributed by atoms with Gasteiger partial charge in [0.15, 0.2) is 6.61 Å². The summed E-state index contributed by atoms with van der Waals surface area (Å²) in [5.74, 6) is 1.26. The van der Waals surface area contributed by atoms with Gasteiger partial charge in [-0.25, -0.2) is 0 Å². The van der Waals surface area contributed by atoms with Gasteiger partial charge in [-0.2, -0.15) is 0 Å². The summed E-state index contributed by atoms with van der Waals surface area (Å²) in [6, 6.07) is 6.18. The second-order valence-electron chi connectivity index (χ2n) is 6.41. The first-order valence-corrected chi connectivity index (χ1v) is 8.35. The molecule has 5 nitrogen and oxygen atoms in total. The lowest BCUT2D eigenvalue weighted by molar-refractivity contribution is -0.135. The normalized spacial score (nSPS) is 16.0. The molecule has 0 aliphatic carbocycles. The Hall–Kier alpha value is -1.59. The molecular weight excluding hydrogens is 292 g/mol. The first kappa shape index (κ1) is 17.8. The highest BCUT2D eigenvalue weighted by atomic mass is 16.5. The Labute approximate surface area is 138 Å². The van der Waals surface area contributed by atoms with Crippen LogP contribution in [0.3, 0.4) is 0 Å². The molecule has 23 heavy (non-hydrogen) atoms. The zero-order valence-corrected chi connectivity index (χ0v) is 14.4. The summed E-state index contributed by atoms with van der Waals surface area (Å²) in [7, 11) is 0. The van der Waals surface area contributed by atoms with Crippen LogP contribution in [0.5, 0.6) is 5.75 Å². The lowest BCUT2D eigenvalue weighted by Gasteiger charge is -2.34. The van der Waals surface area contributed by atoms with Crippen LogP contribution >= 0.6 is 0 Å². The summed E-state index contributed by atoms with van der Waals surface area (Å²) in [6.07, 6.45) is 0. The maximum absolute atomic E-state index is 12.3. The number of aryl methyl sites for hydroxylation is 1. The van der Waals surface area contributed by atoms with Gasteiger partial charge in [0.2, 0.25) is 0 Å². The average Bonchev–Trinajstić information content (AvgIpc) is 2.54. The quantitative estimate of drug-likeness (QED) is 0.866. The molecule has 0 atom stereocenters. The molecule has 1 aromatic rings. The van der Waals surface area contributed by atoms with Gasteiger partial charge in [-0.05, 0) is 30.0 Å². The van der Waals surface area contributed by atoms with Gasteiger partial charge in [0.1, 0.15) is 5.75 Å². The van der Waals surface area contributed by atoms with Gasteiger partial charge in [-0.15, -0.1) is 0 Å².